The van der Waals surface area contributed by atoms with Crippen LogP contribution >= 0.6 is 0 Å². The van der Waals surface area contributed by atoms with Gasteiger partial charge >= 0.3 is 13.3 Å². The maximum atomic E-state index is 13.0. The molecular weight excluding hydrogens is 294 g/mol. The smallest absolute Gasteiger partial charge is 0.401 e. The van der Waals surface area contributed by atoms with Gasteiger partial charge in [-0.1, -0.05) is 26.0 Å². The second-order valence-corrected chi connectivity index (χ2v) is 6.23. The van der Waals surface area contributed by atoms with E-state index < -0.39 is 30.0 Å². The minimum absolute atomic E-state index is 0.119. The number of nitriles is 1. The van der Waals surface area contributed by atoms with Crippen LogP contribution in [0, 0.1) is 17.2 Å². The Hall–Kier alpha value is -1.52. The molecule has 1 fully saturated rings. The normalized spacial score (nSPS) is 21.2. The molecule has 7 heteroatoms. The first-order chi connectivity index (χ1) is 10.1. The van der Waals surface area contributed by atoms with Crippen LogP contribution in [0.4, 0.5) is 13.2 Å². The molecule has 118 valence electrons. The van der Waals surface area contributed by atoms with Crippen molar-refractivity contribution in [3.8, 4) is 6.07 Å². The fourth-order valence-corrected chi connectivity index (χ4v) is 2.89. The molecule has 3 nitrogen and oxygen atoms in total. The molecule has 2 rings (SSSR count). The molecule has 0 N–H and O–H groups in total. The predicted octanol–water partition coefficient (Wildman–Crippen LogP) is 3.12. The van der Waals surface area contributed by atoms with E-state index in [0.717, 1.165) is 6.07 Å². The van der Waals surface area contributed by atoms with Gasteiger partial charge in [0.15, 0.2) is 0 Å². The summed E-state index contributed by atoms with van der Waals surface area (Å²) in [6.45, 7) is 7.57. The van der Waals surface area contributed by atoms with Crippen molar-refractivity contribution in [1.29, 1.82) is 5.26 Å². The van der Waals surface area contributed by atoms with E-state index in [0.29, 0.717) is 0 Å². The van der Waals surface area contributed by atoms with E-state index in [1.165, 1.54) is 12.1 Å². The van der Waals surface area contributed by atoms with E-state index >= 15 is 0 Å². The Balaban J connectivity index is 2.46. The molecule has 0 amide bonds. The van der Waals surface area contributed by atoms with Gasteiger partial charge in [0.1, 0.15) is 0 Å². The van der Waals surface area contributed by atoms with E-state index in [-0.39, 0.29) is 17.5 Å². The summed E-state index contributed by atoms with van der Waals surface area (Å²) >= 11 is 0. The third-order valence-electron chi connectivity index (χ3n) is 3.74. The van der Waals surface area contributed by atoms with E-state index in [1.807, 2.05) is 27.7 Å². The summed E-state index contributed by atoms with van der Waals surface area (Å²) in [5.41, 5.74) is -1.93. The van der Waals surface area contributed by atoms with Crippen molar-refractivity contribution in [2.24, 2.45) is 5.92 Å². The number of halogens is 3. The van der Waals surface area contributed by atoms with E-state index in [2.05, 4.69) is 0 Å². The van der Waals surface area contributed by atoms with Gasteiger partial charge in [0.25, 0.3) is 0 Å². The van der Waals surface area contributed by atoms with Gasteiger partial charge in [-0.05, 0) is 25.8 Å². The molecule has 0 radical (unpaired) electrons. The number of hydrogen-bond donors (Lipinski definition) is 0. The minimum Gasteiger partial charge on any atom is -0.401 e. The Bertz CT molecular complexity index is 608. The Morgan fingerprint density at radius 3 is 2.41 bits per heavy atom. The summed E-state index contributed by atoms with van der Waals surface area (Å²) in [5, 5.41) is 9.17. The summed E-state index contributed by atoms with van der Waals surface area (Å²) in [7, 11) is -0.973. The molecular formula is C15H17BF3NO2. The average Bonchev–Trinajstić information content (AvgIpc) is 2.72. The molecule has 1 heterocycles. The maximum Gasteiger partial charge on any atom is 0.496 e. The van der Waals surface area contributed by atoms with E-state index in [1.54, 1.807) is 6.07 Å². The lowest BCUT2D eigenvalue weighted by molar-refractivity contribution is -0.137. The predicted molar refractivity (Wildman–Crippen MR) is 76.4 cm³/mol. The van der Waals surface area contributed by atoms with Crippen molar-refractivity contribution in [3.63, 3.8) is 0 Å². The van der Waals surface area contributed by atoms with Crippen molar-refractivity contribution in [1.82, 2.24) is 0 Å². The maximum absolute atomic E-state index is 13.0. The largest absolute Gasteiger partial charge is 0.496 e. The van der Waals surface area contributed by atoms with Crippen molar-refractivity contribution in [2.75, 3.05) is 0 Å². The molecule has 0 aliphatic carbocycles. The van der Waals surface area contributed by atoms with Crippen LogP contribution in [0.2, 0.25) is 0 Å². The van der Waals surface area contributed by atoms with Gasteiger partial charge < -0.3 is 9.31 Å². The second kappa shape index (κ2) is 5.60. The number of rotatable bonds is 2. The van der Waals surface area contributed by atoms with Crippen molar-refractivity contribution >= 4 is 12.6 Å². The third-order valence-corrected chi connectivity index (χ3v) is 3.74. The van der Waals surface area contributed by atoms with Crippen molar-refractivity contribution in [3.05, 3.63) is 29.3 Å². The Labute approximate surface area is 128 Å². The topological polar surface area (TPSA) is 42.2 Å². The molecule has 0 bridgehead atoms. The van der Waals surface area contributed by atoms with Crippen LogP contribution in [0.15, 0.2) is 18.2 Å². The molecule has 1 atom stereocenters. The zero-order valence-electron chi connectivity index (χ0n) is 12.9. The molecule has 1 unspecified atom stereocenters. The SMILES string of the molecule is CC(C)C1OB(c2cccc(C(F)(F)F)c2C#N)OC1(C)C. The van der Waals surface area contributed by atoms with Gasteiger partial charge in [-0.3, -0.25) is 0 Å². The van der Waals surface area contributed by atoms with Gasteiger partial charge in [-0.25, -0.2) is 0 Å². The van der Waals surface area contributed by atoms with Crippen LogP contribution in [-0.2, 0) is 15.5 Å². The van der Waals surface area contributed by atoms with Gasteiger partial charge in [-0.2, -0.15) is 18.4 Å². The first kappa shape index (κ1) is 16.8. The van der Waals surface area contributed by atoms with Crippen molar-refractivity contribution < 1.29 is 22.5 Å². The highest BCUT2D eigenvalue weighted by atomic mass is 19.4. The molecule has 1 saturated heterocycles. The van der Waals surface area contributed by atoms with Crippen LogP contribution in [-0.4, -0.2) is 18.8 Å². The highest BCUT2D eigenvalue weighted by Crippen LogP contribution is 2.34. The molecule has 1 aromatic rings. The van der Waals surface area contributed by atoms with Gasteiger partial charge in [0.05, 0.1) is 28.9 Å². The Morgan fingerprint density at radius 1 is 1.32 bits per heavy atom. The Kier molecular flexibility index (Phi) is 4.29. The average molecular weight is 311 g/mol. The molecule has 1 aromatic carbocycles. The number of benzene rings is 1. The highest BCUT2D eigenvalue weighted by molar-refractivity contribution is 6.62. The number of nitrogens with zero attached hydrogens (tertiary/aromatic N) is 1. The number of hydrogen-bond acceptors (Lipinski definition) is 3. The highest BCUT2D eigenvalue weighted by Gasteiger charge is 2.49. The second-order valence-electron chi connectivity index (χ2n) is 6.23. The summed E-state index contributed by atoms with van der Waals surface area (Å²) in [5.74, 6) is 0.135. The van der Waals surface area contributed by atoms with Crippen LogP contribution in [0.1, 0.15) is 38.8 Å². The monoisotopic (exact) mass is 311 g/mol. The zero-order valence-corrected chi connectivity index (χ0v) is 12.9. The van der Waals surface area contributed by atoms with Crippen molar-refractivity contribution in [2.45, 2.75) is 45.6 Å². The van der Waals surface area contributed by atoms with Crippen LogP contribution in [0.25, 0.3) is 0 Å². The fourth-order valence-electron chi connectivity index (χ4n) is 2.89. The Morgan fingerprint density at radius 2 is 1.95 bits per heavy atom. The molecule has 22 heavy (non-hydrogen) atoms. The lowest BCUT2D eigenvalue weighted by atomic mass is 9.75. The molecule has 0 saturated carbocycles. The van der Waals surface area contributed by atoms with Gasteiger partial charge in [0, 0.05) is 5.46 Å². The summed E-state index contributed by atoms with van der Waals surface area (Å²) in [6, 6.07) is 5.24. The number of alkyl halides is 3. The minimum atomic E-state index is -4.59. The van der Waals surface area contributed by atoms with Crippen LogP contribution in [0.3, 0.4) is 0 Å². The third kappa shape index (κ3) is 2.99. The van der Waals surface area contributed by atoms with Gasteiger partial charge in [-0.15, -0.1) is 0 Å². The lowest BCUT2D eigenvalue weighted by Crippen LogP contribution is -2.37. The van der Waals surface area contributed by atoms with Gasteiger partial charge in [0.2, 0.25) is 0 Å². The molecule has 1 aliphatic heterocycles. The van der Waals surface area contributed by atoms with E-state index in [4.69, 9.17) is 14.6 Å². The fraction of sp³-hybridized carbons (Fsp3) is 0.533. The first-order valence-electron chi connectivity index (χ1n) is 7.01. The quantitative estimate of drug-likeness (QED) is 0.788. The standard InChI is InChI=1S/C15H17BF3NO2/c1-9(2)13-14(3,4)22-16(21-13)12-7-5-6-11(10(12)8-20)15(17,18)19/h5-7,9,13H,1-4H3. The lowest BCUT2D eigenvalue weighted by Gasteiger charge is -2.28. The first-order valence-corrected chi connectivity index (χ1v) is 7.01. The summed E-state index contributed by atoms with van der Waals surface area (Å²) < 4.78 is 50.7. The molecule has 0 spiro atoms. The molecule has 1 aliphatic rings. The summed E-state index contributed by atoms with van der Waals surface area (Å²) in [6.07, 6.45) is -4.86. The summed E-state index contributed by atoms with van der Waals surface area (Å²) in [4.78, 5) is 0. The zero-order chi connectivity index (χ0) is 16.7. The van der Waals surface area contributed by atoms with Crippen LogP contribution in [0.5, 0.6) is 0 Å². The van der Waals surface area contributed by atoms with E-state index in [9.17, 15) is 13.2 Å². The van der Waals surface area contributed by atoms with Crippen LogP contribution < -0.4 is 5.46 Å². The molecule has 0 aromatic heterocycles.